The van der Waals surface area contributed by atoms with Crippen LogP contribution in [0.1, 0.15) is 18.4 Å². The second kappa shape index (κ2) is 10.8. The van der Waals surface area contributed by atoms with Crippen LogP contribution in [0.2, 0.25) is 0 Å². The number of nitrogens with two attached hydrogens (primary N) is 3. The number of nitrogen functional groups attached to an aromatic ring is 2. The number of ether oxygens (including phenoxy) is 1. The van der Waals surface area contributed by atoms with Gasteiger partial charge >= 0.3 is 0 Å². The molecule has 4 rings (SSSR count). The fourth-order valence-electron chi connectivity index (χ4n) is 4.48. The maximum atomic E-state index is 14.8. The van der Waals surface area contributed by atoms with E-state index in [1.54, 1.807) is 4.90 Å². The Labute approximate surface area is 215 Å². The number of piperidine rings is 1. The Morgan fingerprint density at radius 2 is 1.92 bits per heavy atom. The van der Waals surface area contributed by atoms with Gasteiger partial charge in [0.2, 0.25) is 0 Å². The van der Waals surface area contributed by atoms with E-state index in [0.717, 1.165) is 12.1 Å². The SMILES string of the molecule is COc1cc(F)c(-c2cc(CNc3ncnc(N)c3N)c(N3CCC[C@](N)([C@H](O)C(F)F)C3)cn2)cc1F. The van der Waals surface area contributed by atoms with Crippen LogP contribution in [-0.4, -0.2) is 58.3 Å². The number of nitrogens with zero attached hydrogens (tertiary/aromatic N) is 4. The monoisotopic (exact) mass is 536 g/mol. The lowest BCUT2D eigenvalue weighted by Gasteiger charge is -2.44. The van der Waals surface area contributed by atoms with Gasteiger partial charge in [0.25, 0.3) is 6.43 Å². The molecule has 0 aliphatic carbocycles. The zero-order chi connectivity index (χ0) is 27.6. The molecule has 204 valence electrons. The molecular weight excluding hydrogens is 508 g/mol. The summed E-state index contributed by atoms with van der Waals surface area (Å²) in [5.74, 6) is -1.48. The first-order valence-electron chi connectivity index (χ1n) is 11.7. The first kappa shape index (κ1) is 27.1. The van der Waals surface area contributed by atoms with Crippen molar-refractivity contribution in [2.24, 2.45) is 5.73 Å². The molecule has 1 aromatic carbocycles. The van der Waals surface area contributed by atoms with Gasteiger partial charge in [-0.3, -0.25) is 4.98 Å². The van der Waals surface area contributed by atoms with Crippen LogP contribution in [0, 0.1) is 11.6 Å². The van der Waals surface area contributed by atoms with Crippen LogP contribution >= 0.6 is 0 Å². The van der Waals surface area contributed by atoms with Crippen LogP contribution < -0.4 is 32.2 Å². The van der Waals surface area contributed by atoms with Crippen molar-refractivity contribution in [1.82, 2.24) is 15.0 Å². The topological polar surface area (TPSA) is 161 Å². The molecule has 0 radical (unpaired) electrons. The van der Waals surface area contributed by atoms with Crippen LogP contribution in [0.5, 0.6) is 5.75 Å². The molecule has 3 heterocycles. The molecule has 1 aliphatic heterocycles. The van der Waals surface area contributed by atoms with Crippen molar-refractivity contribution in [2.75, 3.05) is 41.9 Å². The van der Waals surface area contributed by atoms with Crippen LogP contribution in [0.25, 0.3) is 11.3 Å². The van der Waals surface area contributed by atoms with Crippen molar-refractivity contribution in [3.8, 4) is 17.0 Å². The zero-order valence-electron chi connectivity index (χ0n) is 20.5. The molecule has 1 fully saturated rings. The highest BCUT2D eigenvalue weighted by atomic mass is 19.3. The molecule has 2 atom stereocenters. The number of pyridine rings is 1. The van der Waals surface area contributed by atoms with Crippen molar-refractivity contribution in [3.63, 3.8) is 0 Å². The lowest BCUT2D eigenvalue weighted by molar-refractivity contribution is -0.0529. The van der Waals surface area contributed by atoms with Crippen molar-refractivity contribution in [3.05, 3.63) is 47.9 Å². The van der Waals surface area contributed by atoms with Gasteiger partial charge in [-0.25, -0.2) is 27.5 Å². The van der Waals surface area contributed by atoms with Gasteiger partial charge in [-0.05, 0) is 30.5 Å². The number of hydrogen-bond acceptors (Lipinski definition) is 10. The van der Waals surface area contributed by atoms with Crippen LogP contribution in [0.3, 0.4) is 0 Å². The van der Waals surface area contributed by atoms with Crippen molar-refractivity contribution < 1.29 is 27.4 Å². The minimum atomic E-state index is -3.01. The predicted molar refractivity (Wildman–Crippen MR) is 135 cm³/mol. The number of aromatic nitrogens is 3. The summed E-state index contributed by atoms with van der Waals surface area (Å²) < 4.78 is 60.7. The molecule has 14 heteroatoms. The molecule has 8 N–H and O–H groups in total. The molecule has 1 aliphatic rings. The van der Waals surface area contributed by atoms with Crippen LogP contribution in [0.15, 0.2) is 30.7 Å². The van der Waals surface area contributed by atoms with Gasteiger partial charge in [-0.2, -0.15) is 0 Å². The lowest BCUT2D eigenvalue weighted by Crippen LogP contribution is -2.63. The van der Waals surface area contributed by atoms with E-state index in [0.29, 0.717) is 24.2 Å². The Kier molecular flexibility index (Phi) is 7.73. The molecule has 0 amide bonds. The summed E-state index contributed by atoms with van der Waals surface area (Å²) in [6, 6.07) is 3.42. The number of hydrogen-bond donors (Lipinski definition) is 5. The summed E-state index contributed by atoms with van der Waals surface area (Å²) in [6.45, 7) is 0.426. The maximum absolute atomic E-state index is 14.8. The summed E-state index contributed by atoms with van der Waals surface area (Å²) in [6.07, 6.45) is -1.77. The Bertz CT molecular complexity index is 1310. The standard InChI is InChI=1S/C24H28F4N8O2/c1-38-18-7-14(25)13(6-15(18)26)16-5-12(8-33-23-19(29)22(30)34-11-35-23)17(9-32-16)36-4-2-3-24(31,10-36)20(37)21(27)28/h5-7,9,11,20-21,37H,2-4,8,10,29,31H2,1H3,(H3,30,33,34,35)/t20-,24-/m1/s1. The molecular formula is C24H28F4N8O2. The van der Waals surface area contributed by atoms with E-state index < -0.39 is 29.7 Å². The number of anilines is 4. The summed E-state index contributed by atoms with van der Waals surface area (Å²) >= 11 is 0. The Morgan fingerprint density at radius 1 is 1.16 bits per heavy atom. The number of benzene rings is 1. The third-order valence-corrected chi connectivity index (χ3v) is 6.57. The molecule has 0 saturated carbocycles. The van der Waals surface area contributed by atoms with Crippen molar-refractivity contribution in [2.45, 2.75) is 37.5 Å². The van der Waals surface area contributed by atoms with E-state index in [-0.39, 0.29) is 53.8 Å². The van der Waals surface area contributed by atoms with Crippen molar-refractivity contribution >= 4 is 23.0 Å². The van der Waals surface area contributed by atoms with E-state index in [2.05, 4.69) is 20.3 Å². The summed E-state index contributed by atoms with van der Waals surface area (Å²) in [4.78, 5) is 13.9. The fraction of sp³-hybridized carbons (Fsp3) is 0.375. The van der Waals surface area contributed by atoms with Crippen LogP contribution in [0.4, 0.5) is 40.6 Å². The number of halogens is 4. The minimum Gasteiger partial charge on any atom is -0.494 e. The summed E-state index contributed by atoms with van der Waals surface area (Å²) in [7, 11) is 1.22. The molecule has 0 spiro atoms. The fourth-order valence-corrected chi connectivity index (χ4v) is 4.48. The molecule has 10 nitrogen and oxygen atoms in total. The minimum absolute atomic E-state index is 0.0667. The molecule has 0 unspecified atom stereocenters. The van der Waals surface area contributed by atoms with Gasteiger partial charge < -0.3 is 37.3 Å². The Hall–Kier alpha value is -3.91. The summed E-state index contributed by atoms with van der Waals surface area (Å²) in [5.41, 5.74) is 17.5. The van der Waals surface area contributed by atoms with Gasteiger partial charge in [-0.1, -0.05) is 0 Å². The highest BCUT2D eigenvalue weighted by Crippen LogP contribution is 2.34. The number of alkyl halides is 2. The maximum Gasteiger partial charge on any atom is 0.265 e. The number of aliphatic hydroxyl groups excluding tert-OH is 1. The smallest absolute Gasteiger partial charge is 0.265 e. The quantitative estimate of drug-likeness (QED) is 0.271. The van der Waals surface area contributed by atoms with E-state index in [1.807, 2.05) is 0 Å². The van der Waals surface area contributed by atoms with E-state index in [4.69, 9.17) is 21.9 Å². The largest absolute Gasteiger partial charge is 0.494 e. The number of methoxy groups -OCH3 is 1. The van der Waals surface area contributed by atoms with Gasteiger partial charge in [0.15, 0.2) is 23.2 Å². The third kappa shape index (κ3) is 5.36. The average molecular weight is 537 g/mol. The second-order valence-electron chi connectivity index (χ2n) is 9.08. The third-order valence-electron chi connectivity index (χ3n) is 6.57. The van der Waals surface area contributed by atoms with Crippen molar-refractivity contribution in [1.29, 1.82) is 0 Å². The van der Waals surface area contributed by atoms with E-state index in [9.17, 15) is 22.7 Å². The molecule has 3 aromatic rings. The first-order valence-corrected chi connectivity index (χ1v) is 11.7. The number of aliphatic hydroxyl groups is 1. The van der Waals surface area contributed by atoms with Gasteiger partial charge in [0.1, 0.15) is 23.9 Å². The van der Waals surface area contributed by atoms with Gasteiger partial charge in [0.05, 0.1) is 30.2 Å². The highest BCUT2D eigenvalue weighted by Gasteiger charge is 2.43. The summed E-state index contributed by atoms with van der Waals surface area (Å²) in [5, 5.41) is 13.1. The Morgan fingerprint density at radius 3 is 2.63 bits per heavy atom. The molecule has 38 heavy (non-hydrogen) atoms. The Balaban J connectivity index is 1.74. The molecule has 2 aromatic heterocycles. The average Bonchev–Trinajstić information content (AvgIpc) is 2.90. The van der Waals surface area contributed by atoms with Gasteiger partial charge in [-0.15, -0.1) is 0 Å². The normalized spacial score (nSPS) is 18.5. The van der Waals surface area contributed by atoms with Crippen LogP contribution in [-0.2, 0) is 6.54 Å². The molecule has 1 saturated heterocycles. The number of rotatable bonds is 8. The predicted octanol–water partition coefficient (Wildman–Crippen LogP) is 2.53. The molecule has 0 bridgehead atoms. The van der Waals surface area contributed by atoms with E-state index >= 15 is 0 Å². The van der Waals surface area contributed by atoms with Gasteiger partial charge in [0, 0.05) is 31.3 Å². The lowest BCUT2D eigenvalue weighted by atomic mass is 9.84. The second-order valence-corrected chi connectivity index (χ2v) is 9.08. The zero-order valence-corrected chi connectivity index (χ0v) is 20.5. The first-order chi connectivity index (χ1) is 18.0. The number of nitrogens with one attached hydrogen (secondary N) is 1. The van der Waals surface area contributed by atoms with E-state index in [1.165, 1.54) is 25.7 Å². The highest BCUT2D eigenvalue weighted by molar-refractivity contribution is 5.73.